The maximum absolute atomic E-state index is 13.1. The summed E-state index contributed by atoms with van der Waals surface area (Å²) < 4.78 is 0. The number of halogens is 1. The molecule has 0 spiro atoms. The predicted molar refractivity (Wildman–Crippen MR) is 121 cm³/mol. The molecule has 1 aromatic heterocycles. The summed E-state index contributed by atoms with van der Waals surface area (Å²) in [5.41, 5.74) is 1.71. The van der Waals surface area contributed by atoms with Crippen LogP contribution in [0.15, 0.2) is 106 Å². The van der Waals surface area contributed by atoms with Crippen molar-refractivity contribution in [1.82, 2.24) is 4.98 Å². The summed E-state index contributed by atoms with van der Waals surface area (Å²) in [7, 11) is 0. The van der Waals surface area contributed by atoms with E-state index in [9.17, 15) is 4.79 Å². The van der Waals surface area contributed by atoms with E-state index in [1.807, 2.05) is 78.9 Å². The highest BCUT2D eigenvalue weighted by molar-refractivity contribution is 8.19. The molecule has 0 bridgehead atoms. The maximum atomic E-state index is 13.1. The number of carbonyl (C=O) groups is 1. The number of para-hydroxylation sites is 1. The molecule has 6 heteroatoms. The van der Waals surface area contributed by atoms with Crippen molar-refractivity contribution >= 4 is 52.0 Å². The number of pyridine rings is 1. The van der Waals surface area contributed by atoms with Crippen molar-refractivity contribution in [2.45, 2.75) is 0 Å². The molecule has 1 fully saturated rings. The number of hydrogen-bond donors (Lipinski definition) is 0. The minimum absolute atomic E-state index is 0.171. The zero-order chi connectivity index (χ0) is 20.1. The molecule has 29 heavy (non-hydrogen) atoms. The molecule has 0 aliphatic carbocycles. The SMILES string of the molecule is O=C1/C(=C/C(Cl)=C/c2ccccc2)S/C(=N/c2ccccn2)N1c1ccccc1. The van der Waals surface area contributed by atoms with Crippen LogP contribution in [0.25, 0.3) is 6.08 Å². The van der Waals surface area contributed by atoms with Crippen LogP contribution in [-0.2, 0) is 4.79 Å². The standard InChI is InChI=1S/C23H16ClN3OS/c24-18(15-17-9-3-1-4-10-17)16-20-22(28)27(19-11-5-2-6-12-19)23(29-20)26-21-13-7-8-14-25-21/h1-16H/b18-15-,20-16-,26-23+. The summed E-state index contributed by atoms with van der Waals surface area (Å²) in [5, 5.41) is 1.01. The first-order valence-electron chi connectivity index (χ1n) is 8.92. The first-order chi connectivity index (χ1) is 14.2. The molecule has 1 aliphatic heterocycles. The average molecular weight is 418 g/mol. The number of anilines is 1. The molecule has 0 radical (unpaired) electrons. The molecule has 1 amide bonds. The Balaban J connectivity index is 1.71. The van der Waals surface area contributed by atoms with Gasteiger partial charge in [0.2, 0.25) is 0 Å². The Bertz CT molecular complexity index is 1100. The Labute approximate surface area is 178 Å². The summed E-state index contributed by atoms with van der Waals surface area (Å²) >= 11 is 7.69. The van der Waals surface area contributed by atoms with Crippen molar-refractivity contribution in [3.8, 4) is 0 Å². The quantitative estimate of drug-likeness (QED) is 0.488. The number of aromatic nitrogens is 1. The second kappa shape index (κ2) is 8.90. The lowest BCUT2D eigenvalue weighted by Gasteiger charge is -2.15. The van der Waals surface area contributed by atoms with Crippen LogP contribution < -0.4 is 4.90 Å². The largest absolute Gasteiger partial charge is 0.271 e. The highest BCUT2D eigenvalue weighted by atomic mass is 35.5. The van der Waals surface area contributed by atoms with E-state index in [2.05, 4.69) is 9.98 Å². The van der Waals surface area contributed by atoms with Crippen LogP contribution in [0.2, 0.25) is 0 Å². The van der Waals surface area contributed by atoms with Crippen LogP contribution in [0.4, 0.5) is 11.5 Å². The Hall–Kier alpha value is -3.15. The first kappa shape index (κ1) is 19.2. The van der Waals surface area contributed by atoms with Gasteiger partial charge >= 0.3 is 0 Å². The predicted octanol–water partition coefficient (Wildman–Crippen LogP) is 6.01. The van der Waals surface area contributed by atoms with E-state index in [-0.39, 0.29) is 5.91 Å². The topological polar surface area (TPSA) is 45.6 Å². The van der Waals surface area contributed by atoms with Crippen LogP contribution in [0.5, 0.6) is 0 Å². The minimum atomic E-state index is -0.171. The molecule has 0 unspecified atom stereocenters. The third kappa shape index (κ3) is 4.65. The molecule has 4 nitrogen and oxygen atoms in total. The van der Waals surface area contributed by atoms with Gasteiger partial charge in [-0.25, -0.2) is 9.98 Å². The highest BCUT2D eigenvalue weighted by Gasteiger charge is 2.34. The van der Waals surface area contributed by atoms with Gasteiger partial charge in [0.1, 0.15) is 0 Å². The molecule has 0 atom stereocenters. The number of aliphatic imine (C=N–C) groups is 1. The van der Waals surface area contributed by atoms with Gasteiger partial charge in [-0.3, -0.25) is 9.69 Å². The van der Waals surface area contributed by atoms with E-state index in [1.165, 1.54) is 11.8 Å². The van der Waals surface area contributed by atoms with E-state index < -0.39 is 0 Å². The Morgan fingerprint density at radius 3 is 2.34 bits per heavy atom. The van der Waals surface area contributed by atoms with Gasteiger partial charge in [0.25, 0.3) is 5.91 Å². The monoisotopic (exact) mass is 417 g/mol. The zero-order valence-corrected chi connectivity index (χ0v) is 16.8. The summed E-state index contributed by atoms with van der Waals surface area (Å²) in [4.78, 5) is 24.0. The summed E-state index contributed by atoms with van der Waals surface area (Å²) in [6, 6.07) is 24.6. The van der Waals surface area contributed by atoms with E-state index >= 15 is 0 Å². The smallest absolute Gasteiger partial charge is 0.268 e. The van der Waals surface area contributed by atoms with Gasteiger partial charge in [-0.15, -0.1) is 0 Å². The van der Waals surface area contributed by atoms with Crippen LogP contribution in [0.3, 0.4) is 0 Å². The van der Waals surface area contributed by atoms with Crippen molar-refractivity contribution in [2.75, 3.05) is 4.90 Å². The van der Waals surface area contributed by atoms with Crippen molar-refractivity contribution in [3.05, 3.63) is 107 Å². The molecular weight excluding hydrogens is 402 g/mol. The first-order valence-corrected chi connectivity index (χ1v) is 10.1. The normalized spacial score (nSPS) is 17.3. The van der Waals surface area contributed by atoms with Gasteiger partial charge in [0.05, 0.1) is 10.6 Å². The van der Waals surface area contributed by atoms with Gasteiger partial charge in [0.15, 0.2) is 11.0 Å². The Morgan fingerprint density at radius 1 is 0.966 bits per heavy atom. The second-order valence-corrected chi connectivity index (χ2v) is 7.55. The molecule has 2 aromatic carbocycles. The molecule has 4 rings (SSSR count). The Morgan fingerprint density at radius 2 is 1.66 bits per heavy atom. The van der Waals surface area contributed by atoms with Crippen molar-refractivity contribution in [3.63, 3.8) is 0 Å². The molecule has 142 valence electrons. The van der Waals surface area contributed by atoms with E-state index in [4.69, 9.17) is 11.6 Å². The number of thioether (sulfide) groups is 1. The van der Waals surface area contributed by atoms with E-state index in [0.717, 1.165) is 11.3 Å². The van der Waals surface area contributed by atoms with E-state index in [1.54, 1.807) is 23.2 Å². The molecular formula is C23H16ClN3OS. The fraction of sp³-hybridized carbons (Fsp3) is 0. The summed E-state index contributed by atoms with van der Waals surface area (Å²) in [6.45, 7) is 0. The van der Waals surface area contributed by atoms with Crippen LogP contribution in [0, 0.1) is 0 Å². The number of amides is 1. The third-order valence-electron chi connectivity index (χ3n) is 4.05. The van der Waals surface area contributed by atoms with Gasteiger partial charge in [-0.1, -0.05) is 66.2 Å². The number of allylic oxidation sites excluding steroid dienone is 2. The maximum Gasteiger partial charge on any atom is 0.271 e. The molecule has 0 saturated carbocycles. The minimum Gasteiger partial charge on any atom is -0.268 e. The molecule has 1 aliphatic rings. The molecule has 2 heterocycles. The zero-order valence-electron chi connectivity index (χ0n) is 15.3. The van der Waals surface area contributed by atoms with Crippen LogP contribution >= 0.6 is 23.4 Å². The van der Waals surface area contributed by atoms with Gasteiger partial charge < -0.3 is 0 Å². The number of carbonyl (C=O) groups excluding carboxylic acids is 1. The number of nitrogens with zero attached hydrogens (tertiary/aromatic N) is 3. The lowest BCUT2D eigenvalue weighted by molar-refractivity contribution is -0.113. The number of benzene rings is 2. The molecule has 1 saturated heterocycles. The second-order valence-electron chi connectivity index (χ2n) is 6.11. The van der Waals surface area contributed by atoms with Crippen LogP contribution in [0.1, 0.15) is 5.56 Å². The lowest BCUT2D eigenvalue weighted by Crippen LogP contribution is -2.28. The number of amidine groups is 1. The van der Waals surface area contributed by atoms with Gasteiger partial charge in [0, 0.05) is 11.2 Å². The van der Waals surface area contributed by atoms with E-state index in [0.29, 0.717) is 20.9 Å². The fourth-order valence-corrected chi connectivity index (χ4v) is 4.03. The van der Waals surface area contributed by atoms with Gasteiger partial charge in [-0.2, -0.15) is 0 Å². The Kier molecular flexibility index (Phi) is 5.89. The molecule has 3 aromatic rings. The van der Waals surface area contributed by atoms with Crippen LogP contribution in [-0.4, -0.2) is 16.1 Å². The van der Waals surface area contributed by atoms with Gasteiger partial charge in [-0.05, 0) is 53.7 Å². The average Bonchev–Trinajstić information content (AvgIpc) is 3.04. The summed E-state index contributed by atoms with van der Waals surface area (Å²) in [5.74, 6) is 0.367. The number of hydrogen-bond acceptors (Lipinski definition) is 4. The lowest BCUT2D eigenvalue weighted by atomic mass is 10.2. The van der Waals surface area contributed by atoms with Crippen molar-refractivity contribution < 1.29 is 4.79 Å². The fourth-order valence-electron chi connectivity index (χ4n) is 2.75. The molecule has 0 N–H and O–H groups in total. The summed E-state index contributed by atoms with van der Waals surface area (Å²) in [6.07, 6.45) is 5.17. The number of rotatable bonds is 4. The highest BCUT2D eigenvalue weighted by Crippen LogP contribution is 2.37. The van der Waals surface area contributed by atoms with Crippen molar-refractivity contribution in [2.24, 2.45) is 4.99 Å². The third-order valence-corrected chi connectivity index (χ3v) is 5.24. The van der Waals surface area contributed by atoms with Crippen molar-refractivity contribution in [1.29, 1.82) is 0 Å².